The largest absolute Gasteiger partial charge is 0.395 e. The summed E-state index contributed by atoms with van der Waals surface area (Å²) in [6.07, 6.45) is 3.29. The van der Waals surface area contributed by atoms with Crippen LogP contribution in [0.3, 0.4) is 0 Å². The van der Waals surface area contributed by atoms with Crippen molar-refractivity contribution in [3.63, 3.8) is 0 Å². The molecule has 0 bridgehead atoms. The molecule has 2 heterocycles. The van der Waals surface area contributed by atoms with Crippen molar-refractivity contribution in [3.8, 4) is 0 Å². The van der Waals surface area contributed by atoms with E-state index in [1.807, 2.05) is 6.92 Å². The summed E-state index contributed by atoms with van der Waals surface area (Å²) in [5.74, 6) is -0.332. The molecule has 0 aromatic carbocycles. The van der Waals surface area contributed by atoms with Crippen molar-refractivity contribution in [3.05, 3.63) is 35.4 Å². The van der Waals surface area contributed by atoms with E-state index >= 15 is 0 Å². The molecule has 6 heteroatoms. The monoisotopic (exact) mass is 231 g/mol. The molecule has 6 nitrogen and oxygen atoms in total. The average Bonchev–Trinajstić information content (AvgIpc) is 2.63. The third-order valence-corrected chi connectivity index (χ3v) is 2.48. The summed E-state index contributed by atoms with van der Waals surface area (Å²) in [4.78, 5) is 15.9. The van der Waals surface area contributed by atoms with E-state index in [0.29, 0.717) is 17.1 Å². The number of nitrogens with two attached hydrogens (primary N) is 1. The Morgan fingerprint density at radius 3 is 2.82 bits per heavy atom. The minimum Gasteiger partial charge on any atom is -0.395 e. The maximum absolute atomic E-state index is 11.9. The van der Waals surface area contributed by atoms with Crippen LogP contribution in [-0.4, -0.2) is 21.1 Å². The second kappa shape index (κ2) is 4.25. The minimum atomic E-state index is -0.332. The van der Waals surface area contributed by atoms with Crippen LogP contribution in [0.5, 0.6) is 0 Å². The maximum atomic E-state index is 11.9. The Labute approximate surface area is 98.3 Å². The lowest BCUT2D eigenvalue weighted by Gasteiger charge is -2.06. The Balaban J connectivity index is 2.23. The Hall–Kier alpha value is -2.37. The molecular formula is C11H13N5O. The van der Waals surface area contributed by atoms with Gasteiger partial charge in [0.2, 0.25) is 0 Å². The first-order chi connectivity index (χ1) is 8.09. The first kappa shape index (κ1) is 11.1. The van der Waals surface area contributed by atoms with Gasteiger partial charge in [0.1, 0.15) is 0 Å². The first-order valence-corrected chi connectivity index (χ1v) is 5.12. The molecule has 0 saturated carbocycles. The van der Waals surface area contributed by atoms with Crippen molar-refractivity contribution in [1.29, 1.82) is 0 Å². The van der Waals surface area contributed by atoms with Gasteiger partial charge in [0.25, 0.3) is 5.91 Å². The molecule has 0 saturated heterocycles. The fraction of sp³-hybridized carbons (Fsp3) is 0.182. The first-order valence-electron chi connectivity index (χ1n) is 5.12. The van der Waals surface area contributed by atoms with Crippen LogP contribution < -0.4 is 11.1 Å². The average molecular weight is 231 g/mol. The van der Waals surface area contributed by atoms with Gasteiger partial charge < -0.3 is 11.1 Å². The fourth-order valence-corrected chi connectivity index (χ4v) is 1.41. The number of amides is 1. The summed E-state index contributed by atoms with van der Waals surface area (Å²) in [7, 11) is 0. The highest BCUT2D eigenvalue weighted by atomic mass is 16.2. The van der Waals surface area contributed by atoms with E-state index in [-0.39, 0.29) is 11.6 Å². The molecule has 0 aliphatic rings. The van der Waals surface area contributed by atoms with Crippen LogP contribution in [0.4, 0.5) is 11.4 Å². The molecule has 2 aromatic heterocycles. The van der Waals surface area contributed by atoms with Gasteiger partial charge in [-0.1, -0.05) is 0 Å². The van der Waals surface area contributed by atoms with Crippen molar-refractivity contribution < 1.29 is 4.79 Å². The van der Waals surface area contributed by atoms with Crippen LogP contribution in [0.1, 0.15) is 21.7 Å². The van der Waals surface area contributed by atoms with Gasteiger partial charge in [0.15, 0.2) is 5.69 Å². The summed E-state index contributed by atoms with van der Waals surface area (Å²) >= 11 is 0. The summed E-state index contributed by atoms with van der Waals surface area (Å²) in [5, 5.41) is 9.27. The van der Waals surface area contributed by atoms with Gasteiger partial charge in [-0.2, -0.15) is 5.10 Å². The Morgan fingerprint density at radius 2 is 2.24 bits per heavy atom. The highest BCUT2D eigenvalue weighted by Gasteiger charge is 2.15. The normalized spacial score (nSPS) is 10.2. The molecule has 0 aliphatic heterocycles. The molecule has 0 fully saturated rings. The van der Waals surface area contributed by atoms with Crippen molar-refractivity contribution in [1.82, 2.24) is 15.2 Å². The number of H-pyrrole nitrogens is 1. The fourth-order valence-electron chi connectivity index (χ4n) is 1.41. The number of hydrogen-bond acceptors (Lipinski definition) is 4. The Bertz CT molecular complexity index is 561. The summed E-state index contributed by atoms with van der Waals surface area (Å²) in [5.41, 5.74) is 8.57. The maximum Gasteiger partial charge on any atom is 0.278 e. The zero-order valence-electron chi connectivity index (χ0n) is 9.61. The van der Waals surface area contributed by atoms with Crippen molar-refractivity contribution in [2.24, 2.45) is 0 Å². The minimum absolute atomic E-state index is 0.207. The van der Waals surface area contributed by atoms with E-state index in [1.165, 1.54) is 0 Å². The number of aromatic nitrogens is 3. The number of carbonyl (C=O) groups is 1. The Kier molecular flexibility index (Phi) is 2.78. The predicted octanol–water partition coefficient (Wildman–Crippen LogP) is 1.26. The van der Waals surface area contributed by atoms with E-state index in [4.69, 9.17) is 5.73 Å². The van der Waals surface area contributed by atoms with E-state index in [1.54, 1.807) is 25.4 Å². The van der Waals surface area contributed by atoms with Gasteiger partial charge >= 0.3 is 0 Å². The van der Waals surface area contributed by atoms with E-state index in [9.17, 15) is 4.79 Å². The van der Waals surface area contributed by atoms with Gasteiger partial charge in [0, 0.05) is 18.1 Å². The number of anilines is 2. The third kappa shape index (κ3) is 2.10. The van der Waals surface area contributed by atoms with E-state index < -0.39 is 0 Å². The lowest BCUT2D eigenvalue weighted by Crippen LogP contribution is -2.15. The van der Waals surface area contributed by atoms with Crippen LogP contribution in [0.25, 0.3) is 0 Å². The number of hydrogen-bond donors (Lipinski definition) is 3. The number of pyridine rings is 1. The highest BCUT2D eigenvalue weighted by molar-refractivity contribution is 6.06. The number of aryl methyl sites for hydroxylation is 2. The molecule has 17 heavy (non-hydrogen) atoms. The Morgan fingerprint density at radius 1 is 1.47 bits per heavy atom. The number of aromatic amines is 1. The summed E-state index contributed by atoms with van der Waals surface area (Å²) in [6, 6.07) is 1.73. The topological polar surface area (TPSA) is 96.7 Å². The van der Waals surface area contributed by atoms with Gasteiger partial charge in [-0.05, 0) is 25.5 Å². The lowest BCUT2D eigenvalue weighted by molar-refractivity contribution is 0.102. The molecule has 0 unspecified atom stereocenters. The highest BCUT2D eigenvalue weighted by Crippen LogP contribution is 2.16. The van der Waals surface area contributed by atoms with E-state index in [0.717, 1.165) is 5.56 Å². The van der Waals surface area contributed by atoms with Crippen molar-refractivity contribution in [2.75, 3.05) is 11.1 Å². The quantitative estimate of drug-likeness (QED) is 0.724. The summed E-state index contributed by atoms with van der Waals surface area (Å²) in [6.45, 7) is 3.62. The van der Waals surface area contributed by atoms with Crippen LogP contribution in [-0.2, 0) is 0 Å². The molecule has 88 valence electrons. The summed E-state index contributed by atoms with van der Waals surface area (Å²) < 4.78 is 0. The second-order valence-corrected chi connectivity index (χ2v) is 3.76. The standard InChI is InChI=1S/C11H13N5O/c1-6-5-13-4-3-8(6)14-11(17)10-9(12)7(2)15-16-10/h3-5H,12H2,1-2H3,(H,15,16)(H,13,14,17). The van der Waals surface area contributed by atoms with Crippen molar-refractivity contribution >= 4 is 17.3 Å². The smallest absolute Gasteiger partial charge is 0.278 e. The van der Waals surface area contributed by atoms with Crippen LogP contribution in [0, 0.1) is 13.8 Å². The lowest BCUT2D eigenvalue weighted by atomic mass is 10.2. The molecule has 0 atom stereocenters. The number of nitrogens with one attached hydrogen (secondary N) is 2. The zero-order chi connectivity index (χ0) is 12.4. The zero-order valence-corrected chi connectivity index (χ0v) is 9.61. The molecule has 1 amide bonds. The molecule has 2 rings (SSSR count). The van der Waals surface area contributed by atoms with Gasteiger partial charge in [0.05, 0.1) is 11.4 Å². The number of nitrogens with zero attached hydrogens (tertiary/aromatic N) is 2. The number of nitrogen functional groups attached to an aromatic ring is 1. The molecule has 0 radical (unpaired) electrons. The predicted molar refractivity (Wildman–Crippen MR) is 64.7 cm³/mol. The molecular weight excluding hydrogens is 218 g/mol. The SMILES string of the molecule is Cc1cnccc1NC(=O)c1n[nH]c(C)c1N. The second-order valence-electron chi connectivity index (χ2n) is 3.76. The molecule has 2 aromatic rings. The van der Waals surface area contributed by atoms with Crippen LogP contribution in [0.2, 0.25) is 0 Å². The van der Waals surface area contributed by atoms with Crippen LogP contribution in [0.15, 0.2) is 18.5 Å². The van der Waals surface area contributed by atoms with Gasteiger partial charge in [-0.3, -0.25) is 14.9 Å². The molecule has 0 spiro atoms. The number of carbonyl (C=O) groups excluding carboxylic acids is 1. The van der Waals surface area contributed by atoms with E-state index in [2.05, 4.69) is 20.5 Å². The molecule has 4 N–H and O–H groups in total. The number of rotatable bonds is 2. The molecule has 0 aliphatic carbocycles. The van der Waals surface area contributed by atoms with Crippen LogP contribution >= 0.6 is 0 Å². The van der Waals surface area contributed by atoms with Gasteiger partial charge in [-0.25, -0.2) is 0 Å². The third-order valence-electron chi connectivity index (χ3n) is 2.48. The van der Waals surface area contributed by atoms with Gasteiger partial charge in [-0.15, -0.1) is 0 Å². The van der Waals surface area contributed by atoms with Crippen molar-refractivity contribution in [2.45, 2.75) is 13.8 Å².